The van der Waals surface area contributed by atoms with Crippen LogP contribution in [-0.4, -0.2) is 40.3 Å². The number of anilines is 1. The van der Waals surface area contributed by atoms with Crippen molar-refractivity contribution in [1.29, 1.82) is 0 Å². The van der Waals surface area contributed by atoms with E-state index >= 15 is 0 Å². The third kappa shape index (κ3) is 4.14. The quantitative estimate of drug-likeness (QED) is 0.598. The monoisotopic (exact) mass is 362 g/mol. The number of hydrogen-bond acceptors (Lipinski definition) is 4. The van der Waals surface area contributed by atoms with E-state index in [4.69, 9.17) is 4.42 Å². The van der Waals surface area contributed by atoms with Crippen molar-refractivity contribution in [2.24, 2.45) is 4.99 Å². The number of furan rings is 1. The van der Waals surface area contributed by atoms with E-state index in [1.54, 1.807) is 13.3 Å². The van der Waals surface area contributed by atoms with E-state index < -0.39 is 10.0 Å². The van der Waals surface area contributed by atoms with Gasteiger partial charge in [-0.15, -0.1) is 0 Å². The van der Waals surface area contributed by atoms with Gasteiger partial charge < -0.3 is 15.1 Å². The molecular formula is C17H22N4O3S. The predicted octanol–water partition coefficient (Wildman–Crippen LogP) is 1.34. The minimum Gasteiger partial charge on any atom is -0.467 e. The lowest BCUT2D eigenvalue weighted by Gasteiger charge is -2.20. The molecule has 0 bridgehead atoms. The van der Waals surface area contributed by atoms with E-state index in [-0.39, 0.29) is 12.3 Å². The maximum atomic E-state index is 12.6. The van der Waals surface area contributed by atoms with Crippen molar-refractivity contribution in [2.75, 3.05) is 30.2 Å². The van der Waals surface area contributed by atoms with E-state index in [0.717, 1.165) is 23.4 Å². The highest BCUT2D eigenvalue weighted by Gasteiger charge is 2.28. The first-order valence-corrected chi connectivity index (χ1v) is 9.76. The van der Waals surface area contributed by atoms with Gasteiger partial charge in [-0.05, 0) is 30.2 Å². The Morgan fingerprint density at radius 3 is 2.84 bits per heavy atom. The van der Waals surface area contributed by atoms with Crippen LogP contribution < -0.4 is 14.9 Å². The molecule has 1 aliphatic heterocycles. The number of benzene rings is 1. The van der Waals surface area contributed by atoms with Crippen LogP contribution in [0.3, 0.4) is 0 Å². The molecule has 3 rings (SSSR count). The van der Waals surface area contributed by atoms with Crippen molar-refractivity contribution < 1.29 is 12.8 Å². The zero-order valence-corrected chi connectivity index (χ0v) is 14.9. The maximum absolute atomic E-state index is 12.6. The topological polar surface area (TPSA) is 86.9 Å². The Labute approximate surface area is 147 Å². The van der Waals surface area contributed by atoms with E-state index in [0.29, 0.717) is 19.0 Å². The molecule has 8 heteroatoms. The number of guanidine groups is 1. The van der Waals surface area contributed by atoms with Crippen LogP contribution in [0.1, 0.15) is 11.3 Å². The van der Waals surface area contributed by atoms with Gasteiger partial charge in [0, 0.05) is 20.1 Å². The summed E-state index contributed by atoms with van der Waals surface area (Å²) in [6.07, 6.45) is 2.36. The van der Waals surface area contributed by atoms with Crippen molar-refractivity contribution in [3.63, 3.8) is 0 Å². The summed E-state index contributed by atoms with van der Waals surface area (Å²) in [5, 5.41) is 6.11. The van der Waals surface area contributed by atoms with E-state index in [2.05, 4.69) is 15.6 Å². The number of hydrogen-bond donors (Lipinski definition) is 2. The Hall–Kier alpha value is -2.48. The van der Waals surface area contributed by atoms with E-state index in [9.17, 15) is 8.42 Å². The lowest BCUT2D eigenvalue weighted by molar-refractivity contribution is 0.501. The number of sulfonamides is 1. The molecule has 0 spiro atoms. The third-order valence-electron chi connectivity index (χ3n) is 4.07. The average Bonchev–Trinajstić information content (AvgIpc) is 3.27. The fourth-order valence-corrected chi connectivity index (χ4v) is 4.24. The molecule has 2 heterocycles. The molecule has 0 radical (unpaired) electrons. The van der Waals surface area contributed by atoms with Gasteiger partial charge in [-0.3, -0.25) is 9.30 Å². The van der Waals surface area contributed by atoms with Crippen molar-refractivity contribution in [1.82, 2.24) is 10.6 Å². The Morgan fingerprint density at radius 2 is 2.08 bits per heavy atom. The van der Waals surface area contributed by atoms with Gasteiger partial charge in [0.15, 0.2) is 5.96 Å². The number of aliphatic imine (C=N–C) groups is 1. The molecule has 0 unspecified atom stereocenters. The Bertz CT molecular complexity index is 831. The zero-order chi connectivity index (χ0) is 17.7. The fraction of sp³-hybridized carbons (Fsp3) is 0.353. The third-order valence-corrected chi connectivity index (χ3v) is 5.84. The van der Waals surface area contributed by atoms with Crippen molar-refractivity contribution in [3.8, 4) is 0 Å². The van der Waals surface area contributed by atoms with Gasteiger partial charge in [0.1, 0.15) is 5.76 Å². The largest absolute Gasteiger partial charge is 0.467 e. The number of para-hydroxylation sites is 1. The second kappa shape index (κ2) is 7.60. The minimum atomic E-state index is -3.37. The molecule has 134 valence electrons. The van der Waals surface area contributed by atoms with Gasteiger partial charge >= 0.3 is 0 Å². The molecule has 1 aromatic heterocycles. The van der Waals surface area contributed by atoms with Gasteiger partial charge in [-0.1, -0.05) is 18.2 Å². The Kier molecular flexibility index (Phi) is 5.28. The summed E-state index contributed by atoms with van der Waals surface area (Å²) in [7, 11) is -1.72. The second-order valence-corrected chi connectivity index (χ2v) is 7.71. The molecule has 2 N–H and O–H groups in total. The molecule has 1 aliphatic rings. The molecule has 1 aromatic carbocycles. The van der Waals surface area contributed by atoms with Crippen LogP contribution in [0, 0.1) is 0 Å². The van der Waals surface area contributed by atoms with E-state index in [1.165, 1.54) is 4.31 Å². The standard InChI is InChI=1S/C17H22N4O3S/c1-18-17(20-13-15-6-4-11-24-15)19-9-12-25(22,23)21-10-8-14-5-2-3-7-16(14)21/h2-7,11H,8-10,12-13H2,1H3,(H2,18,19,20). The first-order chi connectivity index (χ1) is 12.1. The van der Waals surface area contributed by atoms with Gasteiger partial charge in [-0.25, -0.2) is 8.42 Å². The lowest BCUT2D eigenvalue weighted by atomic mass is 10.2. The molecule has 0 fully saturated rings. The summed E-state index contributed by atoms with van der Waals surface area (Å²) in [4.78, 5) is 4.08. The molecule has 0 atom stereocenters. The fourth-order valence-electron chi connectivity index (χ4n) is 2.81. The van der Waals surface area contributed by atoms with Crippen LogP contribution in [0.2, 0.25) is 0 Å². The van der Waals surface area contributed by atoms with Gasteiger partial charge in [-0.2, -0.15) is 0 Å². The van der Waals surface area contributed by atoms with E-state index in [1.807, 2.05) is 36.4 Å². The lowest BCUT2D eigenvalue weighted by Crippen LogP contribution is -2.41. The van der Waals surface area contributed by atoms with Gasteiger partial charge in [0.2, 0.25) is 10.0 Å². The highest BCUT2D eigenvalue weighted by molar-refractivity contribution is 7.92. The average molecular weight is 362 g/mol. The highest BCUT2D eigenvalue weighted by Crippen LogP contribution is 2.29. The van der Waals surface area contributed by atoms with Crippen LogP contribution >= 0.6 is 0 Å². The SMILES string of the molecule is CN=C(NCCS(=O)(=O)N1CCc2ccccc21)NCc1ccco1. The van der Waals surface area contributed by atoms with Crippen molar-refractivity contribution in [3.05, 3.63) is 54.0 Å². The smallest absolute Gasteiger partial charge is 0.236 e. The van der Waals surface area contributed by atoms with Crippen LogP contribution in [0.15, 0.2) is 52.1 Å². The first kappa shape index (κ1) is 17.3. The summed E-state index contributed by atoms with van der Waals surface area (Å²) in [6.45, 7) is 1.27. The van der Waals surface area contributed by atoms with Crippen molar-refractivity contribution >= 4 is 21.7 Å². The molecule has 0 saturated carbocycles. The molecule has 2 aromatic rings. The first-order valence-electron chi connectivity index (χ1n) is 8.15. The zero-order valence-electron chi connectivity index (χ0n) is 14.1. The maximum Gasteiger partial charge on any atom is 0.236 e. The number of nitrogens with zero attached hydrogens (tertiary/aromatic N) is 2. The normalized spacial score (nSPS) is 14.4. The minimum absolute atomic E-state index is 0.00276. The highest BCUT2D eigenvalue weighted by atomic mass is 32.2. The molecule has 7 nitrogen and oxygen atoms in total. The Balaban J connectivity index is 1.52. The summed E-state index contributed by atoms with van der Waals surface area (Å²) in [5.41, 5.74) is 1.87. The van der Waals surface area contributed by atoms with Crippen LogP contribution in [0.4, 0.5) is 5.69 Å². The van der Waals surface area contributed by atoms with Crippen molar-refractivity contribution in [2.45, 2.75) is 13.0 Å². The number of fused-ring (bicyclic) bond motifs is 1. The molecule has 0 saturated heterocycles. The summed E-state index contributed by atoms with van der Waals surface area (Å²) < 4.78 is 32.0. The van der Waals surface area contributed by atoms with Gasteiger partial charge in [0.05, 0.1) is 24.2 Å². The number of nitrogens with one attached hydrogen (secondary N) is 2. The predicted molar refractivity (Wildman–Crippen MR) is 98.2 cm³/mol. The van der Waals surface area contributed by atoms with Crippen LogP contribution in [-0.2, 0) is 23.0 Å². The summed E-state index contributed by atoms with van der Waals surface area (Å²) in [6, 6.07) is 11.3. The number of rotatable bonds is 6. The van der Waals surface area contributed by atoms with Crippen LogP contribution in [0.25, 0.3) is 0 Å². The second-order valence-electron chi connectivity index (χ2n) is 5.70. The molecule has 25 heavy (non-hydrogen) atoms. The molecular weight excluding hydrogens is 340 g/mol. The molecule has 0 amide bonds. The summed E-state index contributed by atoms with van der Waals surface area (Å²) >= 11 is 0. The van der Waals surface area contributed by atoms with Crippen LogP contribution in [0.5, 0.6) is 0 Å². The van der Waals surface area contributed by atoms with Gasteiger partial charge in [0.25, 0.3) is 0 Å². The molecule has 0 aliphatic carbocycles. The summed E-state index contributed by atoms with van der Waals surface area (Å²) in [5.74, 6) is 1.32. The Morgan fingerprint density at radius 1 is 1.24 bits per heavy atom.